The number of hydrogen-bond donors (Lipinski definition) is 0. The fourth-order valence-electron chi connectivity index (χ4n) is 3.74. The first-order chi connectivity index (χ1) is 16.1. The molecule has 3 aromatic rings. The van der Waals surface area contributed by atoms with Gasteiger partial charge in [0.15, 0.2) is 5.69 Å². The number of non-ortho nitro benzene ring substituents is 1. The van der Waals surface area contributed by atoms with E-state index < -0.39 is 16.7 Å². The molecule has 0 atom stereocenters. The summed E-state index contributed by atoms with van der Waals surface area (Å²) in [4.78, 5) is 27.2. The Morgan fingerprint density at radius 1 is 1.09 bits per heavy atom. The molecule has 0 radical (unpaired) electrons. The van der Waals surface area contributed by atoms with Gasteiger partial charge in [-0.1, -0.05) is 16.8 Å². The lowest BCUT2D eigenvalue weighted by molar-refractivity contribution is -0.384. The van der Waals surface area contributed by atoms with Crippen LogP contribution in [0.2, 0.25) is 5.02 Å². The van der Waals surface area contributed by atoms with Crippen LogP contribution in [0.1, 0.15) is 21.7 Å². The van der Waals surface area contributed by atoms with Gasteiger partial charge in [0.25, 0.3) is 11.6 Å². The summed E-state index contributed by atoms with van der Waals surface area (Å²) in [7, 11) is 0. The SMILES string of the molecule is Cc1nnn(-c2ccc(C(F)(F)F)cc2)c1C(=O)N1CCN(c2ccc([N+](=O)[O-])cc2Cl)CC1. The predicted molar refractivity (Wildman–Crippen MR) is 117 cm³/mol. The van der Waals surface area contributed by atoms with Crippen molar-refractivity contribution in [2.45, 2.75) is 13.1 Å². The second-order valence-electron chi connectivity index (χ2n) is 7.65. The molecule has 0 unspecified atom stereocenters. The molecule has 0 saturated carbocycles. The molecule has 0 spiro atoms. The molecule has 0 bridgehead atoms. The number of nitro groups is 1. The van der Waals surface area contributed by atoms with Gasteiger partial charge in [-0.05, 0) is 37.3 Å². The van der Waals surface area contributed by atoms with Crippen molar-refractivity contribution in [1.29, 1.82) is 0 Å². The maximum atomic E-state index is 13.3. The fourth-order valence-corrected chi connectivity index (χ4v) is 4.04. The second kappa shape index (κ2) is 8.93. The van der Waals surface area contributed by atoms with E-state index in [4.69, 9.17) is 11.6 Å². The lowest BCUT2D eigenvalue weighted by atomic mass is 10.2. The molecule has 0 N–H and O–H groups in total. The summed E-state index contributed by atoms with van der Waals surface area (Å²) < 4.78 is 39.9. The molecule has 2 heterocycles. The number of nitrogens with zero attached hydrogens (tertiary/aromatic N) is 6. The molecule has 34 heavy (non-hydrogen) atoms. The minimum atomic E-state index is -4.47. The van der Waals surface area contributed by atoms with Gasteiger partial charge in [-0.15, -0.1) is 5.10 Å². The molecule has 1 aromatic heterocycles. The number of benzene rings is 2. The normalized spacial score (nSPS) is 14.4. The number of alkyl halides is 3. The summed E-state index contributed by atoms with van der Waals surface area (Å²) in [6.07, 6.45) is -4.47. The number of aryl methyl sites for hydroxylation is 1. The topological polar surface area (TPSA) is 97.4 Å². The Kier molecular flexibility index (Phi) is 6.17. The molecule has 2 aromatic carbocycles. The van der Waals surface area contributed by atoms with Crippen LogP contribution in [0, 0.1) is 17.0 Å². The van der Waals surface area contributed by atoms with E-state index in [1.165, 1.54) is 28.9 Å². The van der Waals surface area contributed by atoms with Crippen LogP contribution in [0.15, 0.2) is 42.5 Å². The average molecular weight is 495 g/mol. The first-order valence-electron chi connectivity index (χ1n) is 10.1. The molecule has 9 nitrogen and oxygen atoms in total. The highest BCUT2D eigenvalue weighted by Crippen LogP contribution is 2.31. The van der Waals surface area contributed by atoms with Crippen molar-refractivity contribution < 1.29 is 22.9 Å². The number of amides is 1. The van der Waals surface area contributed by atoms with Crippen molar-refractivity contribution in [2.75, 3.05) is 31.1 Å². The predicted octanol–water partition coefficient (Wildman–Crippen LogP) is 4.12. The lowest BCUT2D eigenvalue weighted by Gasteiger charge is -2.36. The van der Waals surface area contributed by atoms with Gasteiger partial charge < -0.3 is 9.80 Å². The van der Waals surface area contributed by atoms with E-state index in [1.54, 1.807) is 17.9 Å². The van der Waals surface area contributed by atoms with Crippen molar-refractivity contribution in [3.63, 3.8) is 0 Å². The molecule has 4 rings (SSSR count). The molecule has 178 valence electrons. The molecule has 1 amide bonds. The Balaban J connectivity index is 1.50. The highest BCUT2D eigenvalue weighted by atomic mass is 35.5. The maximum absolute atomic E-state index is 13.3. The van der Waals surface area contributed by atoms with Crippen molar-refractivity contribution in [1.82, 2.24) is 19.9 Å². The number of hydrogen-bond acceptors (Lipinski definition) is 6. The molecule has 1 fully saturated rings. The third-order valence-corrected chi connectivity index (χ3v) is 5.83. The van der Waals surface area contributed by atoms with Crippen LogP contribution in [0.25, 0.3) is 5.69 Å². The largest absolute Gasteiger partial charge is 0.416 e. The Morgan fingerprint density at radius 3 is 2.29 bits per heavy atom. The van der Waals surface area contributed by atoms with E-state index in [2.05, 4.69) is 10.3 Å². The van der Waals surface area contributed by atoms with Crippen LogP contribution in [-0.4, -0.2) is 56.9 Å². The number of nitro benzene ring substituents is 1. The van der Waals surface area contributed by atoms with Crippen LogP contribution in [-0.2, 0) is 6.18 Å². The Hall–Kier alpha value is -3.67. The quantitative estimate of drug-likeness (QED) is 0.400. The van der Waals surface area contributed by atoms with E-state index in [-0.39, 0.29) is 28.0 Å². The average Bonchev–Trinajstić information content (AvgIpc) is 3.19. The molecular formula is C21H18ClF3N6O3. The number of piperazine rings is 1. The standard InChI is InChI=1S/C21H18ClF3N6O3/c1-13-19(30(27-26-13)15-4-2-14(3-5-15)21(23,24)25)20(32)29-10-8-28(9-11-29)18-7-6-16(31(33)34)12-17(18)22/h2-7,12H,8-11H2,1H3. The smallest absolute Gasteiger partial charge is 0.367 e. The van der Waals surface area contributed by atoms with E-state index >= 15 is 0 Å². The molecule has 1 saturated heterocycles. The number of rotatable bonds is 4. The highest BCUT2D eigenvalue weighted by molar-refractivity contribution is 6.33. The third kappa shape index (κ3) is 4.53. The van der Waals surface area contributed by atoms with Gasteiger partial charge in [0.1, 0.15) is 0 Å². The highest BCUT2D eigenvalue weighted by Gasteiger charge is 2.31. The van der Waals surface area contributed by atoms with Crippen LogP contribution in [0.3, 0.4) is 0 Å². The van der Waals surface area contributed by atoms with E-state index in [1.807, 2.05) is 4.90 Å². The van der Waals surface area contributed by atoms with E-state index in [0.29, 0.717) is 37.6 Å². The summed E-state index contributed by atoms with van der Waals surface area (Å²) in [6.45, 7) is 3.15. The van der Waals surface area contributed by atoms with Crippen molar-refractivity contribution in [2.24, 2.45) is 0 Å². The first-order valence-corrected chi connectivity index (χ1v) is 10.5. The van der Waals surface area contributed by atoms with Crippen molar-refractivity contribution >= 4 is 28.9 Å². The van der Waals surface area contributed by atoms with Crippen molar-refractivity contribution in [3.05, 3.63) is 74.6 Å². The maximum Gasteiger partial charge on any atom is 0.416 e. The molecule has 1 aliphatic heterocycles. The van der Waals surface area contributed by atoms with Crippen LogP contribution in [0.4, 0.5) is 24.5 Å². The Labute approximate surface area is 196 Å². The van der Waals surface area contributed by atoms with Gasteiger partial charge in [-0.3, -0.25) is 14.9 Å². The summed E-state index contributed by atoms with van der Waals surface area (Å²) in [5.41, 5.74) is 0.525. The van der Waals surface area contributed by atoms with Gasteiger partial charge >= 0.3 is 6.18 Å². The molecular weight excluding hydrogens is 477 g/mol. The zero-order chi connectivity index (χ0) is 24.6. The number of anilines is 1. The number of aromatic nitrogens is 3. The summed E-state index contributed by atoms with van der Waals surface area (Å²) in [5.74, 6) is -0.350. The number of halogens is 4. The first kappa shape index (κ1) is 23.5. The van der Waals surface area contributed by atoms with Gasteiger partial charge in [-0.25, -0.2) is 4.68 Å². The molecule has 0 aliphatic carbocycles. The van der Waals surface area contributed by atoms with Gasteiger partial charge in [0.05, 0.1) is 32.6 Å². The molecule has 13 heteroatoms. The summed E-state index contributed by atoms with van der Waals surface area (Å²) in [5, 5.41) is 19.0. The van der Waals surface area contributed by atoms with E-state index in [0.717, 1.165) is 12.1 Å². The summed E-state index contributed by atoms with van der Waals surface area (Å²) >= 11 is 6.22. The van der Waals surface area contributed by atoms with Crippen LogP contribution >= 0.6 is 11.6 Å². The zero-order valence-corrected chi connectivity index (χ0v) is 18.5. The monoisotopic (exact) mass is 494 g/mol. The second-order valence-corrected chi connectivity index (χ2v) is 8.06. The van der Waals surface area contributed by atoms with E-state index in [9.17, 15) is 28.1 Å². The van der Waals surface area contributed by atoms with Gasteiger partial charge in [-0.2, -0.15) is 13.2 Å². The third-order valence-electron chi connectivity index (χ3n) is 5.53. The fraction of sp³-hybridized carbons (Fsp3) is 0.286. The number of carbonyl (C=O) groups excluding carboxylic acids is 1. The zero-order valence-electron chi connectivity index (χ0n) is 17.8. The number of carbonyl (C=O) groups is 1. The Bertz CT molecular complexity index is 1240. The van der Waals surface area contributed by atoms with Crippen molar-refractivity contribution in [3.8, 4) is 5.69 Å². The minimum absolute atomic E-state index is 0.109. The van der Waals surface area contributed by atoms with Crippen LogP contribution in [0.5, 0.6) is 0 Å². The van der Waals surface area contributed by atoms with Gasteiger partial charge in [0, 0.05) is 38.3 Å². The Morgan fingerprint density at radius 2 is 1.74 bits per heavy atom. The van der Waals surface area contributed by atoms with Gasteiger partial charge in [0.2, 0.25) is 0 Å². The minimum Gasteiger partial charge on any atom is -0.367 e. The molecule has 1 aliphatic rings. The summed E-state index contributed by atoms with van der Waals surface area (Å²) in [6, 6.07) is 8.55. The lowest BCUT2D eigenvalue weighted by Crippen LogP contribution is -2.49. The van der Waals surface area contributed by atoms with Crippen LogP contribution < -0.4 is 4.90 Å².